The molecule has 0 radical (unpaired) electrons. The molecule has 0 saturated carbocycles. The van der Waals surface area contributed by atoms with Crippen molar-refractivity contribution in [2.24, 2.45) is 0 Å². The number of aliphatic carboxylic acids is 1. The Hall–Kier alpha value is -1.07. The Morgan fingerprint density at radius 2 is 2.06 bits per heavy atom. The van der Waals surface area contributed by atoms with Crippen LogP contribution in [0.1, 0.15) is 20.3 Å². The number of carbonyl (C=O) groups is 1. The Kier molecular flexibility index (Phi) is 5.62. The minimum absolute atomic E-state index is 0.262. The van der Waals surface area contributed by atoms with Crippen LogP contribution in [0, 0.1) is 5.82 Å². The number of hydrogen-bond donors (Lipinski definition) is 2. The van der Waals surface area contributed by atoms with Crippen LogP contribution in [0.5, 0.6) is 0 Å². The van der Waals surface area contributed by atoms with Gasteiger partial charge in [0.15, 0.2) is 0 Å². The lowest BCUT2D eigenvalue weighted by Gasteiger charge is -2.25. The molecule has 0 aliphatic rings. The summed E-state index contributed by atoms with van der Waals surface area (Å²) in [6, 6.07) is 6.21. The highest BCUT2D eigenvalue weighted by Gasteiger charge is 2.31. The predicted octanol–water partition coefficient (Wildman–Crippen LogP) is 2.76. The van der Waals surface area contributed by atoms with Crippen LogP contribution in [0.4, 0.5) is 4.39 Å². The van der Waals surface area contributed by atoms with Crippen LogP contribution in [-0.4, -0.2) is 28.9 Å². The van der Waals surface area contributed by atoms with E-state index in [9.17, 15) is 14.3 Å². The molecule has 0 aromatic heterocycles. The SMILES string of the molecule is CCNC(C)(CCSc1ccc(F)cc1)C(=O)O. The summed E-state index contributed by atoms with van der Waals surface area (Å²) in [5.41, 5.74) is -0.901. The summed E-state index contributed by atoms with van der Waals surface area (Å²) >= 11 is 1.53. The molecule has 0 fully saturated rings. The van der Waals surface area contributed by atoms with Gasteiger partial charge in [0.2, 0.25) is 0 Å². The van der Waals surface area contributed by atoms with E-state index in [0.717, 1.165) is 4.90 Å². The maximum atomic E-state index is 12.7. The zero-order chi connectivity index (χ0) is 13.6. The van der Waals surface area contributed by atoms with E-state index in [1.807, 2.05) is 6.92 Å². The van der Waals surface area contributed by atoms with Crippen LogP contribution in [0.2, 0.25) is 0 Å². The van der Waals surface area contributed by atoms with Gasteiger partial charge in [0.1, 0.15) is 11.4 Å². The second-order valence-electron chi connectivity index (χ2n) is 4.22. The fourth-order valence-electron chi connectivity index (χ4n) is 1.56. The highest BCUT2D eigenvalue weighted by Crippen LogP contribution is 2.22. The maximum Gasteiger partial charge on any atom is 0.323 e. The van der Waals surface area contributed by atoms with E-state index in [-0.39, 0.29) is 5.82 Å². The summed E-state index contributed by atoms with van der Waals surface area (Å²) in [5, 5.41) is 12.2. The molecule has 0 heterocycles. The zero-order valence-electron chi connectivity index (χ0n) is 10.6. The van der Waals surface area contributed by atoms with E-state index in [2.05, 4.69) is 5.32 Å². The van der Waals surface area contributed by atoms with Crippen LogP contribution in [0.3, 0.4) is 0 Å². The molecule has 1 unspecified atom stereocenters. The second kappa shape index (κ2) is 6.75. The average Bonchev–Trinajstić information content (AvgIpc) is 2.32. The molecule has 1 aromatic carbocycles. The maximum absolute atomic E-state index is 12.7. The average molecular weight is 271 g/mol. The first kappa shape index (κ1) is 15.0. The Morgan fingerprint density at radius 1 is 1.44 bits per heavy atom. The highest BCUT2D eigenvalue weighted by atomic mass is 32.2. The van der Waals surface area contributed by atoms with Gasteiger partial charge in [-0.15, -0.1) is 11.8 Å². The number of carboxylic acids is 1. The third-order valence-electron chi connectivity index (χ3n) is 2.72. The van der Waals surface area contributed by atoms with Gasteiger partial charge in [0, 0.05) is 10.6 Å². The Labute approximate surface area is 111 Å². The summed E-state index contributed by atoms with van der Waals surface area (Å²) in [6.45, 7) is 4.18. The van der Waals surface area contributed by atoms with Crippen LogP contribution >= 0.6 is 11.8 Å². The molecule has 1 aromatic rings. The molecule has 100 valence electrons. The van der Waals surface area contributed by atoms with Gasteiger partial charge in [0.25, 0.3) is 0 Å². The van der Waals surface area contributed by atoms with Crippen LogP contribution < -0.4 is 5.32 Å². The van der Waals surface area contributed by atoms with Crippen molar-refractivity contribution < 1.29 is 14.3 Å². The molecule has 0 spiro atoms. The number of thioether (sulfide) groups is 1. The molecule has 1 atom stereocenters. The van der Waals surface area contributed by atoms with Crippen molar-refractivity contribution in [1.29, 1.82) is 0 Å². The third-order valence-corrected chi connectivity index (χ3v) is 3.74. The molecular weight excluding hydrogens is 253 g/mol. The zero-order valence-corrected chi connectivity index (χ0v) is 11.4. The normalized spacial score (nSPS) is 14.2. The molecule has 0 saturated heterocycles. The van der Waals surface area contributed by atoms with Gasteiger partial charge in [-0.05, 0) is 44.2 Å². The third kappa shape index (κ3) is 4.31. The van der Waals surface area contributed by atoms with Crippen molar-refractivity contribution in [3.05, 3.63) is 30.1 Å². The van der Waals surface area contributed by atoms with E-state index in [1.54, 1.807) is 19.1 Å². The van der Waals surface area contributed by atoms with Gasteiger partial charge in [-0.3, -0.25) is 4.79 Å². The molecule has 3 nitrogen and oxygen atoms in total. The summed E-state index contributed by atoms with van der Waals surface area (Å²) in [6.07, 6.45) is 0.512. The molecule has 0 aliphatic heterocycles. The van der Waals surface area contributed by atoms with Gasteiger partial charge in [-0.25, -0.2) is 4.39 Å². The van der Waals surface area contributed by atoms with E-state index >= 15 is 0 Å². The molecule has 5 heteroatoms. The number of nitrogens with one attached hydrogen (secondary N) is 1. The van der Waals surface area contributed by atoms with E-state index in [1.165, 1.54) is 23.9 Å². The fraction of sp³-hybridized carbons (Fsp3) is 0.462. The second-order valence-corrected chi connectivity index (χ2v) is 5.39. The lowest BCUT2D eigenvalue weighted by molar-refractivity contribution is -0.144. The van der Waals surface area contributed by atoms with Crippen molar-refractivity contribution >= 4 is 17.7 Å². The lowest BCUT2D eigenvalue weighted by Crippen LogP contribution is -2.49. The minimum Gasteiger partial charge on any atom is -0.480 e. The first-order valence-corrected chi connectivity index (χ1v) is 6.83. The lowest BCUT2D eigenvalue weighted by atomic mass is 9.99. The van der Waals surface area contributed by atoms with E-state index in [0.29, 0.717) is 18.7 Å². The summed E-state index contributed by atoms with van der Waals surface area (Å²) in [4.78, 5) is 12.1. The van der Waals surface area contributed by atoms with Gasteiger partial charge < -0.3 is 10.4 Å². The van der Waals surface area contributed by atoms with Crippen LogP contribution in [-0.2, 0) is 4.79 Å². The highest BCUT2D eigenvalue weighted by molar-refractivity contribution is 7.99. The summed E-state index contributed by atoms with van der Waals surface area (Å²) in [7, 11) is 0. The van der Waals surface area contributed by atoms with Crippen molar-refractivity contribution in [3.63, 3.8) is 0 Å². The molecule has 2 N–H and O–H groups in total. The number of likely N-dealkylation sites (N-methyl/N-ethyl adjacent to an activating group) is 1. The smallest absolute Gasteiger partial charge is 0.323 e. The summed E-state index contributed by atoms with van der Waals surface area (Å²) in [5.74, 6) is -0.437. The largest absolute Gasteiger partial charge is 0.480 e. The molecule has 0 bridgehead atoms. The Balaban J connectivity index is 2.48. The van der Waals surface area contributed by atoms with Crippen molar-refractivity contribution in [2.45, 2.75) is 30.7 Å². The van der Waals surface area contributed by atoms with Crippen LogP contribution in [0.15, 0.2) is 29.2 Å². The quantitative estimate of drug-likeness (QED) is 0.749. The molecule has 0 amide bonds. The van der Waals surface area contributed by atoms with E-state index < -0.39 is 11.5 Å². The topological polar surface area (TPSA) is 49.3 Å². The molecule has 1 rings (SSSR count). The van der Waals surface area contributed by atoms with Gasteiger partial charge >= 0.3 is 5.97 Å². The number of hydrogen-bond acceptors (Lipinski definition) is 3. The van der Waals surface area contributed by atoms with Crippen molar-refractivity contribution in [3.8, 4) is 0 Å². The predicted molar refractivity (Wildman–Crippen MR) is 71.5 cm³/mol. The van der Waals surface area contributed by atoms with Crippen LogP contribution in [0.25, 0.3) is 0 Å². The van der Waals surface area contributed by atoms with Crippen molar-refractivity contribution in [2.75, 3.05) is 12.3 Å². The number of rotatable bonds is 7. The monoisotopic (exact) mass is 271 g/mol. The number of halogens is 1. The van der Waals surface area contributed by atoms with Gasteiger partial charge in [0.05, 0.1) is 0 Å². The van der Waals surface area contributed by atoms with Gasteiger partial charge in [-0.1, -0.05) is 6.92 Å². The number of carboxylic acid groups (broad SMARTS) is 1. The fourth-order valence-corrected chi connectivity index (χ4v) is 2.64. The molecule has 0 aliphatic carbocycles. The minimum atomic E-state index is -0.901. The van der Waals surface area contributed by atoms with Crippen molar-refractivity contribution in [1.82, 2.24) is 5.32 Å². The molecular formula is C13H18FNO2S. The Morgan fingerprint density at radius 3 is 2.56 bits per heavy atom. The molecule has 18 heavy (non-hydrogen) atoms. The first-order chi connectivity index (χ1) is 8.48. The number of benzene rings is 1. The Bertz CT molecular complexity index is 396. The summed E-state index contributed by atoms with van der Waals surface area (Å²) < 4.78 is 12.7. The first-order valence-electron chi connectivity index (χ1n) is 5.85. The van der Waals surface area contributed by atoms with E-state index in [4.69, 9.17) is 0 Å². The van der Waals surface area contributed by atoms with Gasteiger partial charge in [-0.2, -0.15) is 0 Å². The standard InChI is InChI=1S/C13H18FNO2S/c1-3-15-13(2,12(16)17)8-9-18-11-6-4-10(14)5-7-11/h4-7,15H,3,8-9H2,1-2H3,(H,16,17).